The van der Waals surface area contributed by atoms with Crippen LogP contribution < -0.4 is 5.32 Å². The van der Waals surface area contributed by atoms with Crippen molar-refractivity contribution in [2.45, 2.75) is 13.0 Å². The van der Waals surface area contributed by atoms with E-state index < -0.39 is 5.97 Å². The van der Waals surface area contributed by atoms with Gasteiger partial charge >= 0.3 is 5.97 Å². The van der Waals surface area contributed by atoms with Gasteiger partial charge in [-0.3, -0.25) is 4.79 Å². The van der Waals surface area contributed by atoms with Crippen LogP contribution in [-0.4, -0.2) is 11.1 Å². The predicted molar refractivity (Wildman–Crippen MR) is 89.3 cm³/mol. The molecule has 0 aliphatic carbocycles. The molecule has 0 heterocycles. The first-order valence-electron chi connectivity index (χ1n) is 6.14. The van der Waals surface area contributed by atoms with Gasteiger partial charge in [-0.25, -0.2) is 0 Å². The summed E-state index contributed by atoms with van der Waals surface area (Å²) in [5.74, 6) is -0.859. The van der Waals surface area contributed by atoms with E-state index in [2.05, 4.69) is 21.2 Å². The minimum absolute atomic E-state index is 0.0142. The molecular formula is C15H12BrCl2NO2. The van der Waals surface area contributed by atoms with Crippen molar-refractivity contribution in [2.75, 3.05) is 5.32 Å². The van der Waals surface area contributed by atoms with E-state index in [-0.39, 0.29) is 6.42 Å². The summed E-state index contributed by atoms with van der Waals surface area (Å²) in [6.07, 6.45) is -0.0142. The predicted octanol–water partition coefficient (Wildman–Crippen LogP) is 5.00. The molecule has 3 nitrogen and oxygen atoms in total. The van der Waals surface area contributed by atoms with Crippen molar-refractivity contribution in [3.05, 3.63) is 62.0 Å². The van der Waals surface area contributed by atoms with E-state index >= 15 is 0 Å². The maximum atomic E-state index is 10.9. The van der Waals surface area contributed by atoms with Crippen LogP contribution in [0.15, 0.2) is 40.9 Å². The molecule has 0 spiro atoms. The number of carbonyl (C=O) groups is 1. The van der Waals surface area contributed by atoms with Gasteiger partial charge in [-0.2, -0.15) is 0 Å². The Hall–Kier alpha value is -1.23. The average Bonchev–Trinajstić information content (AvgIpc) is 2.38. The molecule has 2 aromatic carbocycles. The van der Waals surface area contributed by atoms with Crippen molar-refractivity contribution in [3.63, 3.8) is 0 Å². The Morgan fingerprint density at radius 2 is 1.71 bits per heavy atom. The molecule has 2 aromatic rings. The topological polar surface area (TPSA) is 49.3 Å². The van der Waals surface area contributed by atoms with Gasteiger partial charge in [0, 0.05) is 11.0 Å². The fraction of sp³-hybridized carbons (Fsp3) is 0.133. The quantitative estimate of drug-likeness (QED) is 0.757. The van der Waals surface area contributed by atoms with Gasteiger partial charge in [-0.05, 0) is 23.3 Å². The Bertz CT molecular complexity index is 653. The Balaban J connectivity index is 2.19. The standard InChI is InChI=1S/C15H12BrCl2NO2/c16-11-6-12(17)15(13(18)7-11)19-8-10-4-2-1-3-9(10)5-14(20)21/h1-4,6-7,19H,5,8H2,(H,20,21). The van der Waals surface area contributed by atoms with E-state index in [0.29, 0.717) is 22.3 Å². The highest BCUT2D eigenvalue weighted by Gasteiger charge is 2.10. The summed E-state index contributed by atoms with van der Waals surface area (Å²) in [5, 5.41) is 13.1. The van der Waals surface area contributed by atoms with Crippen LogP contribution in [-0.2, 0) is 17.8 Å². The van der Waals surface area contributed by atoms with E-state index in [0.717, 1.165) is 15.6 Å². The highest BCUT2D eigenvalue weighted by atomic mass is 79.9. The summed E-state index contributed by atoms with van der Waals surface area (Å²) in [4.78, 5) is 10.9. The van der Waals surface area contributed by atoms with Crippen molar-refractivity contribution in [1.29, 1.82) is 0 Å². The molecular weight excluding hydrogens is 377 g/mol. The fourth-order valence-electron chi connectivity index (χ4n) is 1.96. The number of anilines is 1. The fourth-order valence-corrected chi connectivity index (χ4v) is 3.30. The number of hydrogen-bond donors (Lipinski definition) is 2. The van der Waals surface area contributed by atoms with Crippen molar-refractivity contribution < 1.29 is 9.90 Å². The number of carboxylic acids is 1. The number of hydrogen-bond acceptors (Lipinski definition) is 2. The van der Waals surface area contributed by atoms with Gasteiger partial charge in [-0.1, -0.05) is 63.4 Å². The van der Waals surface area contributed by atoms with Crippen molar-refractivity contribution >= 4 is 50.8 Å². The number of carboxylic acid groups (broad SMARTS) is 1. The molecule has 2 N–H and O–H groups in total. The molecule has 0 aromatic heterocycles. The molecule has 0 unspecified atom stereocenters. The summed E-state index contributed by atoms with van der Waals surface area (Å²) in [6, 6.07) is 10.9. The van der Waals surface area contributed by atoms with Gasteiger partial charge in [0.15, 0.2) is 0 Å². The Morgan fingerprint density at radius 3 is 2.29 bits per heavy atom. The molecule has 0 fully saturated rings. The van der Waals surface area contributed by atoms with Crippen LogP contribution in [0.4, 0.5) is 5.69 Å². The molecule has 0 amide bonds. The average molecular weight is 389 g/mol. The second-order valence-corrected chi connectivity index (χ2v) is 6.17. The van der Waals surface area contributed by atoms with Gasteiger partial charge in [-0.15, -0.1) is 0 Å². The number of halogens is 3. The van der Waals surface area contributed by atoms with E-state index in [1.807, 2.05) is 18.2 Å². The Labute approximate surface area is 141 Å². The van der Waals surface area contributed by atoms with Gasteiger partial charge in [0.2, 0.25) is 0 Å². The molecule has 110 valence electrons. The van der Waals surface area contributed by atoms with Crippen molar-refractivity contribution in [3.8, 4) is 0 Å². The minimum atomic E-state index is -0.859. The molecule has 0 aliphatic rings. The van der Waals surface area contributed by atoms with Crippen LogP contribution in [0.1, 0.15) is 11.1 Å². The molecule has 0 radical (unpaired) electrons. The lowest BCUT2D eigenvalue weighted by molar-refractivity contribution is -0.136. The lowest BCUT2D eigenvalue weighted by atomic mass is 10.0. The van der Waals surface area contributed by atoms with Crippen LogP contribution >= 0.6 is 39.1 Å². The zero-order valence-corrected chi connectivity index (χ0v) is 14.0. The van der Waals surface area contributed by atoms with Crippen molar-refractivity contribution in [2.24, 2.45) is 0 Å². The summed E-state index contributed by atoms with van der Waals surface area (Å²) in [5.41, 5.74) is 2.29. The highest BCUT2D eigenvalue weighted by Crippen LogP contribution is 2.34. The van der Waals surface area contributed by atoms with Crippen molar-refractivity contribution in [1.82, 2.24) is 0 Å². The van der Waals surface area contributed by atoms with Crippen LogP contribution in [0.3, 0.4) is 0 Å². The Kier molecular flexibility index (Phi) is 5.51. The second-order valence-electron chi connectivity index (χ2n) is 4.44. The van der Waals surface area contributed by atoms with E-state index in [9.17, 15) is 4.79 Å². The van der Waals surface area contributed by atoms with Gasteiger partial charge in [0.1, 0.15) is 0 Å². The zero-order chi connectivity index (χ0) is 15.4. The first-order chi connectivity index (χ1) is 9.97. The van der Waals surface area contributed by atoms with E-state index in [4.69, 9.17) is 28.3 Å². The normalized spacial score (nSPS) is 10.4. The highest BCUT2D eigenvalue weighted by molar-refractivity contribution is 9.10. The van der Waals surface area contributed by atoms with Gasteiger partial charge in [0.05, 0.1) is 22.2 Å². The van der Waals surface area contributed by atoms with E-state index in [1.54, 1.807) is 18.2 Å². The lowest BCUT2D eigenvalue weighted by Gasteiger charge is -2.13. The number of rotatable bonds is 5. The third kappa shape index (κ3) is 4.37. The van der Waals surface area contributed by atoms with Crippen LogP contribution in [0.2, 0.25) is 10.0 Å². The molecule has 0 atom stereocenters. The smallest absolute Gasteiger partial charge is 0.307 e. The molecule has 0 aliphatic heterocycles. The number of aliphatic carboxylic acids is 1. The first kappa shape index (κ1) is 16.1. The molecule has 0 saturated heterocycles. The van der Waals surface area contributed by atoms with Crippen LogP contribution in [0.25, 0.3) is 0 Å². The maximum absolute atomic E-state index is 10.9. The largest absolute Gasteiger partial charge is 0.481 e. The minimum Gasteiger partial charge on any atom is -0.481 e. The first-order valence-corrected chi connectivity index (χ1v) is 7.69. The summed E-state index contributed by atoms with van der Waals surface area (Å²) >= 11 is 15.6. The number of nitrogens with one attached hydrogen (secondary N) is 1. The maximum Gasteiger partial charge on any atom is 0.307 e. The van der Waals surface area contributed by atoms with Gasteiger partial charge < -0.3 is 10.4 Å². The Morgan fingerprint density at radius 1 is 1.14 bits per heavy atom. The SMILES string of the molecule is O=C(O)Cc1ccccc1CNc1c(Cl)cc(Br)cc1Cl. The lowest BCUT2D eigenvalue weighted by Crippen LogP contribution is -2.07. The monoisotopic (exact) mass is 387 g/mol. The second kappa shape index (κ2) is 7.16. The van der Waals surface area contributed by atoms with Crippen LogP contribution in [0, 0.1) is 0 Å². The molecule has 0 bridgehead atoms. The van der Waals surface area contributed by atoms with Crippen LogP contribution in [0.5, 0.6) is 0 Å². The van der Waals surface area contributed by atoms with Gasteiger partial charge in [0.25, 0.3) is 0 Å². The third-order valence-electron chi connectivity index (χ3n) is 2.92. The molecule has 0 saturated carbocycles. The molecule has 21 heavy (non-hydrogen) atoms. The molecule has 6 heteroatoms. The third-order valence-corrected chi connectivity index (χ3v) is 3.98. The summed E-state index contributed by atoms with van der Waals surface area (Å²) < 4.78 is 0.800. The summed E-state index contributed by atoms with van der Waals surface area (Å²) in [6.45, 7) is 0.449. The number of benzene rings is 2. The zero-order valence-electron chi connectivity index (χ0n) is 10.9. The van der Waals surface area contributed by atoms with E-state index in [1.165, 1.54) is 0 Å². The summed E-state index contributed by atoms with van der Waals surface area (Å²) in [7, 11) is 0. The molecule has 2 rings (SSSR count).